The van der Waals surface area contributed by atoms with Gasteiger partial charge in [0, 0.05) is 31.9 Å². The molecule has 0 atom stereocenters. The Morgan fingerprint density at radius 3 is 2.16 bits per heavy atom. The first-order valence-corrected chi connectivity index (χ1v) is 6.61. The molecule has 2 nitrogen and oxygen atoms in total. The predicted molar refractivity (Wildman–Crippen MR) is 72.6 cm³/mol. The van der Waals surface area contributed by atoms with Gasteiger partial charge in [-0.2, -0.15) is 13.2 Å². The van der Waals surface area contributed by atoms with E-state index in [1.807, 2.05) is 18.7 Å². The van der Waals surface area contributed by atoms with Gasteiger partial charge in [0.15, 0.2) is 0 Å². The summed E-state index contributed by atoms with van der Waals surface area (Å²) in [6.45, 7) is 8.83. The molecule has 108 valence electrons. The van der Waals surface area contributed by atoms with E-state index in [9.17, 15) is 13.2 Å². The summed E-state index contributed by atoms with van der Waals surface area (Å²) in [5, 5.41) is 3.18. The van der Waals surface area contributed by atoms with Crippen LogP contribution in [0.15, 0.2) is 18.2 Å². The van der Waals surface area contributed by atoms with Crippen molar-refractivity contribution in [3.05, 3.63) is 29.3 Å². The molecule has 1 aliphatic heterocycles. The zero-order valence-corrected chi connectivity index (χ0v) is 11.6. The van der Waals surface area contributed by atoms with Crippen molar-refractivity contribution in [2.45, 2.75) is 26.9 Å². The average molecular weight is 274 g/mol. The molecule has 1 fully saturated rings. The van der Waals surface area contributed by atoms with Crippen molar-refractivity contribution < 1.29 is 13.2 Å². The number of anilines is 1. The number of hydrogen-bond donors (Lipinski definition) is 1. The van der Waals surface area contributed by atoms with Crippen molar-refractivity contribution in [3.8, 4) is 0 Å². The standard InChI is InChI=1S/C12H15F3N2.C2H6/c1-9-6-10(12(13,14)15)8-11(7-9)17-4-2-16-3-5-17;1-2/h6-8,16H,2-5H2,1H3;1-2H3. The molecule has 0 spiro atoms. The molecule has 0 aliphatic carbocycles. The Morgan fingerprint density at radius 2 is 1.63 bits per heavy atom. The van der Waals surface area contributed by atoms with Gasteiger partial charge in [0.25, 0.3) is 0 Å². The molecule has 0 radical (unpaired) electrons. The number of nitrogens with one attached hydrogen (secondary N) is 1. The van der Waals surface area contributed by atoms with Gasteiger partial charge in [-0.05, 0) is 30.7 Å². The quantitative estimate of drug-likeness (QED) is 0.844. The third-order valence-corrected chi connectivity index (χ3v) is 2.87. The van der Waals surface area contributed by atoms with E-state index in [1.165, 1.54) is 12.1 Å². The number of benzene rings is 1. The number of aryl methyl sites for hydroxylation is 1. The topological polar surface area (TPSA) is 15.3 Å². The number of rotatable bonds is 1. The van der Waals surface area contributed by atoms with E-state index in [1.54, 1.807) is 13.0 Å². The second-order valence-corrected chi connectivity index (χ2v) is 4.29. The minimum absolute atomic E-state index is 0.564. The Balaban J connectivity index is 0.000000861. The molecule has 0 aromatic heterocycles. The highest BCUT2D eigenvalue weighted by Gasteiger charge is 2.31. The average Bonchev–Trinajstić information content (AvgIpc) is 2.40. The lowest BCUT2D eigenvalue weighted by molar-refractivity contribution is -0.137. The fourth-order valence-corrected chi connectivity index (χ4v) is 2.03. The van der Waals surface area contributed by atoms with Crippen molar-refractivity contribution in [1.82, 2.24) is 5.32 Å². The molecule has 5 heteroatoms. The van der Waals surface area contributed by atoms with Crippen molar-refractivity contribution in [1.29, 1.82) is 0 Å². The van der Waals surface area contributed by atoms with Crippen LogP contribution in [-0.2, 0) is 6.18 Å². The maximum absolute atomic E-state index is 12.7. The van der Waals surface area contributed by atoms with Crippen molar-refractivity contribution in [2.24, 2.45) is 0 Å². The number of halogens is 3. The van der Waals surface area contributed by atoms with Crippen LogP contribution in [0.3, 0.4) is 0 Å². The lowest BCUT2D eigenvalue weighted by Crippen LogP contribution is -2.43. The fourth-order valence-electron chi connectivity index (χ4n) is 2.03. The van der Waals surface area contributed by atoms with Crippen molar-refractivity contribution in [3.63, 3.8) is 0 Å². The maximum Gasteiger partial charge on any atom is 0.416 e. The molecule has 1 aliphatic rings. The Hall–Kier alpha value is -1.23. The molecule has 0 unspecified atom stereocenters. The molecule has 0 bridgehead atoms. The normalized spacial score (nSPS) is 15.8. The molecule has 2 rings (SSSR count). The first kappa shape index (κ1) is 15.8. The van der Waals surface area contributed by atoms with Crippen molar-refractivity contribution in [2.75, 3.05) is 31.1 Å². The van der Waals surface area contributed by atoms with Crippen LogP contribution in [0.1, 0.15) is 25.0 Å². The molecular weight excluding hydrogens is 253 g/mol. The molecule has 19 heavy (non-hydrogen) atoms. The highest BCUT2D eigenvalue weighted by Crippen LogP contribution is 2.32. The summed E-state index contributed by atoms with van der Waals surface area (Å²) in [5.41, 5.74) is 0.748. The molecule has 1 aromatic carbocycles. The Bertz CT molecular complexity index is 396. The minimum Gasteiger partial charge on any atom is -0.369 e. The van der Waals surface area contributed by atoms with Crippen LogP contribution in [0.25, 0.3) is 0 Å². The highest BCUT2D eigenvalue weighted by atomic mass is 19.4. The van der Waals surface area contributed by atoms with Gasteiger partial charge in [0.2, 0.25) is 0 Å². The summed E-state index contributed by atoms with van der Waals surface area (Å²) in [6, 6.07) is 4.23. The fraction of sp³-hybridized carbons (Fsp3) is 0.571. The summed E-state index contributed by atoms with van der Waals surface area (Å²) >= 11 is 0. The van der Waals surface area contributed by atoms with E-state index < -0.39 is 11.7 Å². The van der Waals surface area contributed by atoms with Crippen LogP contribution in [0.4, 0.5) is 18.9 Å². The Kier molecular flexibility index (Phi) is 5.66. The van der Waals surface area contributed by atoms with E-state index in [4.69, 9.17) is 0 Å². The minimum atomic E-state index is -4.27. The SMILES string of the molecule is CC.Cc1cc(N2CCNCC2)cc(C(F)(F)F)c1. The zero-order chi connectivity index (χ0) is 14.5. The summed E-state index contributed by atoms with van der Waals surface area (Å²) in [6.07, 6.45) is -4.27. The lowest BCUT2D eigenvalue weighted by Gasteiger charge is -2.30. The van der Waals surface area contributed by atoms with Gasteiger partial charge in [-0.1, -0.05) is 13.8 Å². The summed E-state index contributed by atoms with van der Waals surface area (Å²) in [7, 11) is 0. The predicted octanol–water partition coefficient (Wildman–Crippen LogP) is 3.45. The molecule has 1 heterocycles. The molecular formula is C14H21F3N2. The largest absolute Gasteiger partial charge is 0.416 e. The second-order valence-electron chi connectivity index (χ2n) is 4.29. The zero-order valence-electron chi connectivity index (χ0n) is 11.6. The number of alkyl halides is 3. The van der Waals surface area contributed by atoms with Gasteiger partial charge in [-0.15, -0.1) is 0 Å². The van der Waals surface area contributed by atoms with Crippen molar-refractivity contribution >= 4 is 5.69 Å². The number of piperazine rings is 1. The monoisotopic (exact) mass is 274 g/mol. The van der Waals surface area contributed by atoms with E-state index in [2.05, 4.69) is 5.32 Å². The third-order valence-electron chi connectivity index (χ3n) is 2.87. The van der Waals surface area contributed by atoms with Crippen LogP contribution in [0.5, 0.6) is 0 Å². The first-order valence-electron chi connectivity index (χ1n) is 6.61. The third kappa shape index (κ3) is 4.42. The van der Waals surface area contributed by atoms with Gasteiger partial charge in [0.05, 0.1) is 5.56 Å². The van der Waals surface area contributed by atoms with E-state index >= 15 is 0 Å². The van der Waals surface area contributed by atoms with Crippen LogP contribution in [0.2, 0.25) is 0 Å². The summed E-state index contributed by atoms with van der Waals surface area (Å²) < 4.78 is 38.1. The second kappa shape index (κ2) is 6.80. The molecule has 1 N–H and O–H groups in total. The van der Waals surface area contributed by atoms with Gasteiger partial charge in [-0.3, -0.25) is 0 Å². The van der Waals surface area contributed by atoms with Crippen LogP contribution >= 0.6 is 0 Å². The smallest absolute Gasteiger partial charge is 0.369 e. The van der Waals surface area contributed by atoms with Gasteiger partial charge in [0.1, 0.15) is 0 Å². The molecule has 1 saturated heterocycles. The van der Waals surface area contributed by atoms with Gasteiger partial charge in [-0.25, -0.2) is 0 Å². The number of nitrogens with zero attached hydrogens (tertiary/aromatic N) is 1. The Labute approximate surface area is 112 Å². The lowest BCUT2D eigenvalue weighted by atomic mass is 10.1. The number of hydrogen-bond acceptors (Lipinski definition) is 2. The highest BCUT2D eigenvalue weighted by molar-refractivity contribution is 5.52. The van der Waals surface area contributed by atoms with E-state index in [0.29, 0.717) is 11.3 Å². The maximum atomic E-state index is 12.7. The summed E-state index contributed by atoms with van der Waals surface area (Å²) in [5.74, 6) is 0. The molecule has 0 amide bonds. The molecule has 1 aromatic rings. The van der Waals surface area contributed by atoms with Crippen LogP contribution in [0, 0.1) is 6.92 Å². The first-order chi connectivity index (χ1) is 8.97. The molecule has 0 saturated carbocycles. The van der Waals surface area contributed by atoms with Gasteiger partial charge >= 0.3 is 6.18 Å². The van der Waals surface area contributed by atoms with Gasteiger partial charge < -0.3 is 10.2 Å². The Morgan fingerprint density at radius 1 is 1.05 bits per heavy atom. The van der Waals surface area contributed by atoms with E-state index in [-0.39, 0.29) is 0 Å². The van der Waals surface area contributed by atoms with E-state index in [0.717, 1.165) is 26.2 Å². The van der Waals surface area contributed by atoms with Crippen LogP contribution < -0.4 is 10.2 Å². The summed E-state index contributed by atoms with van der Waals surface area (Å²) in [4.78, 5) is 1.98. The van der Waals surface area contributed by atoms with Crippen LogP contribution in [-0.4, -0.2) is 26.2 Å².